The number of rotatable bonds is 7. The SMILES string of the molecule is Cc1cc(OCC2(CC(N)=O)CCN(C(=O)c3ccc(OC(F)(F)F)cc3)CC2)ccc1Cl. The maximum absolute atomic E-state index is 12.8. The van der Waals surface area contributed by atoms with E-state index in [0.717, 1.165) is 17.7 Å². The zero-order chi connectivity index (χ0) is 24.2. The molecule has 1 aliphatic rings. The quantitative estimate of drug-likeness (QED) is 0.616. The van der Waals surface area contributed by atoms with Crippen LogP contribution in [-0.2, 0) is 4.79 Å². The molecule has 6 nitrogen and oxygen atoms in total. The Kier molecular flexibility index (Phi) is 7.41. The predicted molar refractivity (Wildman–Crippen MR) is 116 cm³/mol. The van der Waals surface area contributed by atoms with Crippen LogP contribution in [0.15, 0.2) is 42.5 Å². The van der Waals surface area contributed by atoms with Crippen LogP contribution in [-0.4, -0.2) is 42.8 Å². The number of hydrogen-bond acceptors (Lipinski definition) is 4. The summed E-state index contributed by atoms with van der Waals surface area (Å²) in [6.45, 7) is 2.83. The summed E-state index contributed by atoms with van der Waals surface area (Å²) in [5.41, 5.74) is 6.07. The molecule has 1 heterocycles. The van der Waals surface area contributed by atoms with Gasteiger partial charge in [0.25, 0.3) is 5.91 Å². The van der Waals surface area contributed by atoms with Gasteiger partial charge in [-0.25, -0.2) is 0 Å². The van der Waals surface area contributed by atoms with E-state index in [9.17, 15) is 22.8 Å². The molecular weight excluding hydrogens is 461 g/mol. The first kappa shape index (κ1) is 24.7. The Morgan fingerprint density at radius 3 is 2.24 bits per heavy atom. The smallest absolute Gasteiger partial charge is 0.493 e. The van der Waals surface area contributed by atoms with Gasteiger partial charge in [-0.05, 0) is 67.8 Å². The molecule has 3 rings (SSSR count). The number of nitrogens with two attached hydrogens (primary N) is 1. The number of hydrogen-bond donors (Lipinski definition) is 1. The van der Waals surface area contributed by atoms with Crippen LogP contribution in [0.5, 0.6) is 11.5 Å². The van der Waals surface area contributed by atoms with E-state index in [1.807, 2.05) is 13.0 Å². The van der Waals surface area contributed by atoms with Crippen molar-refractivity contribution in [1.82, 2.24) is 4.90 Å². The van der Waals surface area contributed by atoms with Crippen LogP contribution >= 0.6 is 11.6 Å². The zero-order valence-electron chi connectivity index (χ0n) is 18.0. The molecule has 0 saturated carbocycles. The van der Waals surface area contributed by atoms with Gasteiger partial charge in [0, 0.05) is 35.5 Å². The van der Waals surface area contributed by atoms with Crippen LogP contribution in [0.25, 0.3) is 0 Å². The molecule has 2 N–H and O–H groups in total. The molecule has 2 amide bonds. The summed E-state index contributed by atoms with van der Waals surface area (Å²) in [4.78, 5) is 26.1. The number of nitrogens with zero attached hydrogens (tertiary/aromatic N) is 1. The minimum absolute atomic E-state index is 0.116. The topological polar surface area (TPSA) is 81.9 Å². The van der Waals surface area contributed by atoms with Crippen molar-refractivity contribution in [3.8, 4) is 11.5 Å². The number of piperidine rings is 1. The Bertz CT molecular complexity index is 1000. The number of primary amides is 1. The summed E-state index contributed by atoms with van der Waals surface area (Å²) in [7, 11) is 0. The summed E-state index contributed by atoms with van der Waals surface area (Å²) in [5.74, 6) is -0.533. The van der Waals surface area contributed by atoms with Gasteiger partial charge in [0.1, 0.15) is 11.5 Å². The lowest BCUT2D eigenvalue weighted by molar-refractivity contribution is -0.274. The number of amides is 2. The standard InChI is InChI=1S/C23H24ClF3N2O4/c1-15-12-18(6-7-19(15)24)32-14-22(13-20(28)30)8-10-29(11-9-22)21(31)16-2-4-17(5-3-16)33-23(25,26)27/h2-7,12H,8-11,13-14H2,1H3,(H2,28,30). The molecule has 0 bridgehead atoms. The summed E-state index contributed by atoms with van der Waals surface area (Å²) in [6.07, 6.45) is -3.70. The number of halogens is 4. The minimum Gasteiger partial charge on any atom is -0.493 e. The lowest BCUT2D eigenvalue weighted by Crippen LogP contribution is -2.47. The molecule has 33 heavy (non-hydrogen) atoms. The Hall–Kier alpha value is -2.94. The number of carbonyl (C=O) groups is 2. The second-order valence-electron chi connectivity index (χ2n) is 8.21. The van der Waals surface area contributed by atoms with Crippen LogP contribution < -0.4 is 15.2 Å². The highest BCUT2D eigenvalue weighted by Crippen LogP contribution is 2.36. The second-order valence-corrected chi connectivity index (χ2v) is 8.61. The predicted octanol–water partition coefficient (Wildman–Crippen LogP) is 4.72. The molecule has 0 aliphatic carbocycles. The van der Waals surface area contributed by atoms with Crippen LogP contribution in [0.2, 0.25) is 5.02 Å². The van der Waals surface area contributed by atoms with Gasteiger partial charge < -0.3 is 20.1 Å². The molecule has 1 aliphatic heterocycles. The summed E-state index contributed by atoms with van der Waals surface area (Å²) in [6, 6.07) is 10.1. The first-order valence-electron chi connectivity index (χ1n) is 10.3. The Morgan fingerprint density at radius 2 is 1.70 bits per heavy atom. The first-order valence-corrected chi connectivity index (χ1v) is 10.7. The number of aryl methyl sites for hydroxylation is 1. The van der Waals surface area contributed by atoms with E-state index in [1.54, 1.807) is 17.0 Å². The van der Waals surface area contributed by atoms with E-state index in [4.69, 9.17) is 22.1 Å². The average Bonchev–Trinajstić information content (AvgIpc) is 2.74. The van der Waals surface area contributed by atoms with Crippen LogP contribution in [0.1, 0.15) is 35.2 Å². The van der Waals surface area contributed by atoms with Crippen molar-refractivity contribution in [2.24, 2.45) is 11.1 Å². The van der Waals surface area contributed by atoms with Crippen LogP contribution in [0, 0.1) is 12.3 Å². The normalized spacial score (nSPS) is 15.7. The molecule has 2 aromatic carbocycles. The molecule has 2 aromatic rings. The maximum Gasteiger partial charge on any atom is 0.573 e. The number of ether oxygens (including phenoxy) is 2. The number of likely N-dealkylation sites (tertiary alicyclic amines) is 1. The van der Waals surface area contributed by atoms with Gasteiger partial charge >= 0.3 is 6.36 Å². The second kappa shape index (κ2) is 9.91. The highest BCUT2D eigenvalue weighted by Gasteiger charge is 2.38. The van der Waals surface area contributed by atoms with Crippen LogP contribution in [0.3, 0.4) is 0 Å². The van der Waals surface area contributed by atoms with Crippen molar-refractivity contribution < 1.29 is 32.2 Å². The third-order valence-corrected chi connectivity index (χ3v) is 6.09. The largest absolute Gasteiger partial charge is 0.573 e. The maximum atomic E-state index is 12.8. The van der Waals surface area contributed by atoms with Crippen molar-refractivity contribution in [2.75, 3.05) is 19.7 Å². The monoisotopic (exact) mass is 484 g/mol. The molecule has 0 atom stereocenters. The van der Waals surface area contributed by atoms with Crippen molar-refractivity contribution in [3.63, 3.8) is 0 Å². The minimum atomic E-state index is -4.80. The van der Waals surface area contributed by atoms with Gasteiger partial charge in [0.15, 0.2) is 0 Å². The van der Waals surface area contributed by atoms with E-state index in [-0.39, 0.29) is 24.5 Å². The first-order chi connectivity index (χ1) is 15.5. The van der Waals surface area contributed by atoms with Crippen molar-refractivity contribution >= 4 is 23.4 Å². The number of alkyl halides is 3. The molecule has 0 radical (unpaired) electrons. The molecule has 0 spiro atoms. The molecule has 10 heteroatoms. The summed E-state index contributed by atoms with van der Waals surface area (Å²) in [5, 5.41) is 0.624. The average molecular weight is 485 g/mol. The Labute approximate surface area is 194 Å². The Balaban J connectivity index is 1.63. The third-order valence-electron chi connectivity index (χ3n) is 5.67. The highest BCUT2D eigenvalue weighted by molar-refractivity contribution is 6.31. The fraction of sp³-hybridized carbons (Fsp3) is 0.391. The van der Waals surface area contributed by atoms with Gasteiger partial charge in [-0.15, -0.1) is 13.2 Å². The van der Waals surface area contributed by atoms with Gasteiger partial charge in [0.05, 0.1) is 6.61 Å². The van der Waals surface area contributed by atoms with Gasteiger partial charge in [-0.1, -0.05) is 11.6 Å². The lowest BCUT2D eigenvalue weighted by atomic mass is 9.76. The number of benzene rings is 2. The molecule has 0 unspecified atom stereocenters. The van der Waals surface area contributed by atoms with E-state index in [0.29, 0.717) is 36.7 Å². The van der Waals surface area contributed by atoms with E-state index in [2.05, 4.69) is 4.74 Å². The molecule has 1 saturated heterocycles. The highest BCUT2D eigenvalue weighted by atomic mass is 35.5. The van der Waals surface area contributed by atoms with Gasteiger partial charge in [-0.3, -0.25) is 9.59 Å². The van der Waals surface area contributed by atoms with E-state index >= 15 is 0 Å². The molecule has 178 valence electrons. The van der Waals surface area contributed by atoms with Crippen molar-refractivity contribution in [2.45, 2.75) is 32.5 Å². The van der Waals surface area contributed by atoms with Crippen LogP contribution in [0.4, 0.5) is 13.2 Å². The van der Waals surface area contributed by atoms with Gasteiger partial charge in [0.2, 0.25) is 5.91 Å². The van der Waals surface area contributed by atoms with Gasteiger partial charge in [-0.2, -0.15) is 0 Å². The lowest BCUT2D eigenvalue weighted by Gasteiger charge is -2.41. The molecule has 0 aromatic heterocycles. The molecule has 1 fully saturated rings. The fourth-order valence-corrected chi connectivity index (χ4v) is 3.97. The fourth-order valence-electron chi connectivity index (χ4n) is 3.85. The van der Waals surface area contributed by atoms with Crippen molar-refractivity contribution in [3.05, 3.63) is 58.6 Å². The van der Waals surface area contributed by atoms with Crippen molar-refractivity contribution in [1.29, 1.82) is 0 Å². The summed E-state index contributed by atoms with van der Waals surface area (Å²) >= 11 is 6.05. The zero-order valence-corrected chi connectivity index (χ0v) is 18.7. The summed E-state index contributed by atoms with van der Waals surface area (Å²) < 4.78 is 46.7. The number of carbonyl (C=O) groups excluding carboxylic acids is 2. The van der Waals surface area contributed by atoms with E-state index < -0.39 is 23.4 Å². The third kappa shape index (κ3) is 6.77. The molecular formula is C23H24ClF3N2O4. The Morgan fingerprint density at radius 1 is 1.09 bits per heavy atom. The van der Waals surface area contributed by atoms with E-state index in [1.165, 1.54) is 12.1 Å².